The molecular formula is C21H25N3O2. The molecule has 3 atom stereocenters. The summed E-state index contributed by atoms with van der Waals surface area (Å²) in [4.78, 5) is 19.7. The molecule has 5 rings (SSSR count). The van der Waals surface area contributed by atoms with Crippen LogP contribution in [-0.4, -0.2) is 35.4 Å². The summed E-state index contributed by atoms with van der Waals surface area (Å²) in [6, 6.07) is 10.3. The third-order valence-corrected chi connectivity index (χ3v) is 6.35. The van der Waals surface area contributed by atoms with Crippen LogP contribution in [0.5, 0.6) is 0 Å². The maximum absolute atomic E-state index is 13.0. The number of fused-ring (bicyclic) bond motifs is 2. The van der Waals surface area contributed by atoms with Gasteiger partial charge in [0.05, 0.1) is 6.54 Å². The van der Waals surface area contributed by atoms with Gasteiger partial charge < -0.3 is 14.6 Å². The second-order valence-electron chi connectivity index (χ2n) is 7.91. The second-order valence-corrected chi connectivity index (χ2v) is 7.91. The molecule has 3 heterocycles. The summed E-state index contributed by atoms with van der Waals surface area (Å²) in [5.41, 5.74) is 2.15. The van der Waals surface area contributed by atoms with Crippen LogP contribution in [-0.2, 0) is 24.2 Å². The molecule has 1 aliphatic carbocycles. The molecule has 3 aliphatic rings. The van der Waals surface area contributed by atoms with E-state index >= 15 is 0 Å². The van der Waals surface area contributed by atoms with Gasteiger partial charge in [0.1, 0.15) is 11.5 Å². The van der Waals surface area contributed by atoms with Crippen molar-refractivity contribution in [2.45, 2.75) is 32.2 Å². The topological polar surface area (TPSA) is 58.4 Å². The highest BCUT2D eigenvalue weighted by Gasteiger charge is 2.47. The van der Waals surface area contributed by atoms with Gasteiger partial charge >= 0.3 is 0 Å². The maximum Gasteiger partial charge on any atom is 0.226 e. The van der Waals surface area contributed by atoms with Gasteiger partial charge in [-0.05, 0) is 43.3 Å². The summed E-state index contributed by atoms with van der Waals surface area (Å²) in [7, 11) is 0. The average Bonchev–Trinajstić information content (AvgIpc) is 3.04. The Kier molecular flexibility index (Phi) is 4.04. The Morgan fingerprint density at radius 2 is 2.19 bits per heavy atom. The molecule has 1 N–H and O–H groups in total. The fourth-order valence-corrected chi connectivity index (χ4v) is 4.81. The van der Waals surface area contributed by atoms with E-state index in [2.05, 4.69) is 17.4 Å². The van der Waals surface area contributed by atoms with E-state index in [1.165, 1.54) is 12.0 Å². The molecular weight excluding hydrogens is 326 g/mol. The van der Waals surface area contributed by atoms with Crippen molar-refractivity contribution in [1.29, 1.82) is 0 Å². The fourth-order valence-electron chi connectivity index (χ4n) is 4.81. The van der Waals surface area contributed by atoms with E-state index in [-0.39, 0.29) is 5.92 Å². The highest BCUT2D eigenvalue weighted by atomic mass is 16.4. The van der Waals surface area contributed by atoms with Crippen LogP contribution >= 0.6 is 0 Å². The Morgan fingerprint density at radius 3 is 3.04 bits per heavy atom. The number of rotatable bonds is 3. The first-order valence-electron chi connectivity index (χ1n) is 9.79. The van der Waals surface area contributed by atoms with Crippen LogP contribution in [0.2, 0.25) is 0 Å². The minimum Gasteiger partial charge on any atom is -0.445 e. The van der Waals surface area contributed by atoms with Crippen molar-refractivity contribution in [2.75, 3.05) is 19.6 Å². The highest BCUT2D eigenvalue weighted by molar-refractivity contribution is 5.80. The van der Waals surface area contributed by atoms with Crippen LogP contribution in [0.1, 0.15) is 35.7 Å². The molecule has 2 aromatic rings. The lowest BCUT2D eigenvalue weighted by Crippen LogP contribution is -2.55. The lowest BCUT2D eigenvalue weighted by Gasteiger charge is -2.48. The van der Waals surface area contributed by atoms with Gasteiger partial charge in [-0.1, -0.05) is 30.3 Å². The molecule has 136 valence electrons. The standard InChI is InChI=1S/C21H25N3O2/c25-21(16-11-15-6-8-22-12-17(15)16)24-9-7-19-18(13-24)23-20(26-19)10-14-4-2-1-3-5-14/h1-5,15-17,22H,6-13H2/t15-,16-,17-/m1/s1. The largest absolute Gasteiger partial charge is 0.445 e. The number of aromatic nitrogens is 1. The van der Waals surface area contributed by atoms with Gasteiger partial charge in [-0.3, -0.25) is 4.79 Å². The third kappa shape index (κ3) is 2.84. The Balaban J connectivity index is 1.26. The quantitative estimate of drug-likeness (QED) is 0.922. The van der Waals surface area contributed by atoms with Gasteiger partial charge in [0.15, 0.2) is 5.89 Å². The summed E-state index contributed by atoms with van der Waals surface area (Å²) < 4.78 is 5.97. The molecule has 1 aromatic heterocycles. The number of hydrogen-bond acceptors (Lipinski definition) is 4. The number of nitrogens with zero attached hydrogens (tertiary/aromatic N) is 2. The summed E-state index contributed by atoms with van der Waals surface area (Å²) >= 11 is 0. The van der Waals surface area contributed by atoms with Crippen LogP contribution in [0.15, 0.2) is 34.7 Å². The van der Waals surface area contributed by atoms with Crippen molar-refractivity contribution < 1.29 is 9.21 Å². The first-order valence-corrected chi connectivity index (χ1v) is 9.79. The molecule has 2 aliphatic heterocycles. The predicted molar refractivity (Wildman–Crippen MR) is 97.4 cm³/mol. The number of oxazole rings is 1. The van der Waals surface area contributed by atoms with E-state index in [1.807, 2.05) is 23.1 Å². The van der Waals surface area contributed by atoms with Crippen molar-refractivity contribution in [3.05, 3.63) is 53.2 Å². The molecule has 5 heteroatoms. The van der Waals surface area contributed by atoms with E-state index in [0.29, 0.717) is 24.8 Å². The molecule has 1 amide bonds. The molecule has 26 heavy (non-hydrogen) atoms. The van der Waals surface area contributed by atoms with Crippen molar-refractivity contribution >= 4 is 5.91 Å². The number of nitrogens with one attached hydrogen (secondary N) is 1. The minimum atomic E-state index is 0.213. The van der Waals surface area contributed by atoms with E-state index in [1.54, 1.807) is 0 Å². The summed E-state index contributed by atoms with van der Waals surface area (Å²) in [6.45, 7) is 3.48. The summed E-state index contributed by atoms with van der Waals surface area (Å²) in [6.07, 6.45) is 3.79. The van der Waals surface area contributed by atoms with Gasteiger partial charge in [0.25, 0.3) is 0 Å². The van der Waals surface area contributed by atoms with E-state index in [4.69, 9.17) is 9.40 Å². The molecule has 1 aromatic carbocycles. The summed E-state index contributed by atoms with van der Waals surface area (Å²) in [5, 5.41) is 3.45. The van der Waals surface area contributed by atoms with E-state index in [9.17, 15) is 4.79 Å². The summed E-state index contributed by atoms with van der Waals surface area (Å²) in [5.74, 6) is 3.57. The van der Waals surface area contributed by atoms with Crippen LogP contribution in [0, 0.1) is 17.8 Å². The second kappa shape index (κ2) is 6.54. The zero-order valence-electron chi connectivity index (χ0n) is 15.0. The number of piperidine rings is 1. The number of benzene rings is 1. The molecule has 5 nitrogen and oxygen atoms in total. The number of hydrogen-bond donors (Lipinski definition) is 1. The van der Waals surface area contributed by atoms with Crippen LogP contribution in [0.3, 0.4) is 0 Å². The Bertz CT molecular complexity index is 801. The van der Waals surface area contributed by atoms with E-state index in [0.717, 1.165) is 55.7 Å². The highest BCUT2D eigenvalue weighted by Crippen LogP contribution is 2.45. The van der Waals surface area contributed by atoms with Gasteiger partial charge in [0.2, 0.25) is 5.91 Å². The molecule has 0 spiro atoms. The fraction of sp³-hybridized carbons (Fsp3) is 0.524. The zero-order valence-corrected chi connectivity index (χ0v) is 15.0. The predicted octanol–water partition coefficient (Wildman–Crippen LogP) is 2.40. The van der Waals surface area contributed by atoms with Gasteiger partial charge in [-0.25, -0.2) is 4.98 Å². The van der Waals surface area contributed by atoms with Gasteiger partial charge in [-0.15, -0.1) is 0 Å². The molecule has 0 bridgehead atoms. The first kappa shape index (κ1) is 16.1. The SMILES string of the molecule is O=C([C@@H]1C[C@H]2CCNC[C@H]21)N1CCc2oc(Cc3ccccc3)nc2C1. The third-order valence-electron chi connectivity index (χ3n) is 6.35. The zero-order chi connectivity index (χ0) is 17.5. The number of carbonyl (C=O) groups is 1. The number of carbonyl (C=O) groups excluding carboxylic acids is 1. The van der Waals surface area contributed by atoms with Gasteiger partial charge in [0, 0.05) is 25.3 Å². The average molecular weight is 351 g/mol. The lowest BCUT2D eigenvalue weighted by molar-refractivity contribution is -0.146. The van der Waals surface area contributed by atoms with Crippen molar-refractivity contribution in [3.63, 3.8) is 0 Å². The van der Waals surface area contributed by atoms with Crippen molar-refractivity contribution in [2.24, 2.45) is 17.8 Å². The molecule has 1 saturated heterocycles. The minimum absolute atomic E-state index is 0.213. The Hall–Kier alpha value is -2.14. The monoisotopic (exact) mass is 351 g/mol. The number of amides is 1. The van der Waals surface area contributed by atoms with Crippen LogP contribution < -0.4 is 5.32 Å². The molecule has 1 saturated carbocycles. The first-order chi connectivity index (χ1) is 12.8. The Morgan fingerprint density at radius 1 is 1.31 bits per heavy atom. The normalized spacial score (nSPS) is 27.4. The van der Waals surface area contributed by atoms with Crippen LogP contribution in [0.25, 0.3) is 0 Å². The molecule has 0 unspecified atom stereocenters. The Labute approximate surface area is 153 Å². The van der Waals surface area contributed by atoms with Crippen molar-refractivity contribution in [3.8, 4) is 0 Å². The van der Waals surface area contributed by atoms with Crippen LogP contribution in [0.4, 0.5) is 0 Å². The van der Waals surface area contributed by atoms with Crippen molar-refractivity contribution in [1.82, 2.24) is 15.2 Å². The lowest BCUT2D eigenvalue weighted by atomic mass is 9.61. The molecule has 0 radical (unpaired) electrons. The smallest absolute Gasteiger partial charge is 0.226 e. The van der Waals surface area contributed by atoms with E-state index < -0.39 is 0 Å². The molecule has 2 fully saturated rings. The maximum atomic E-state index is 13.0. The van der Waals surface area contributed by atoms with Gasteiger partial charge in [-0.2, -0.15) is 0 Å².